The fourth-order valence-corrected chi connectivity index (χ4v) is 3.36. The van der Waals surface area contributed by atoms with Crippen LogP contribution in [0, 0.1) is 0 Å². The van der Waals surface area contributed by atoms with E-state index in [9.17, 15) is 9.59 Å². The van der Waals surface area contributed by atoms with E-state index in [0.717, 1.165) is 17.5 Å². The van der Waals surface area contributed by atoms with E-state index in [1.807, 2.05) is 79.0 Å². The Morgan fingerprint density at radius 3 is 2.50 bits per heavy atom. The van der Waals surface area contributed by atoms with Crippen LogP contribution in [-0.2, 0) is 9.59 Å². The summed E-state index contributed by atoms with van der Waals surface area (Å²) >= 11 is 0. The summed E-state index contributed by atoms with van der Waals surface area (Å²) in [5.74, 6) is -0.0173. The van der Waals surface area contributed by atoms with Crippen LogP contribution < -0.4 is 10.6 Å². The van der Waals surface area contributed by atoms with Crippen LogP contribution in [0.15, 0.2) is 79.0 Å². The molecule has 0 saturated heterocycles. The normalized spacial score (nSPS) is 19.9. The minimum Gasteiger partial charge on any atom is -0.356 e. The van der Waals surface area contributed by atoms with Gasteiger partial charge in [-0.25, -0.2) is 0 Å². The lowest BCUT2D eigenvalue weighted by Crippen LogP contribution is -2.32. The lowest BCUT2D eigenvalue weighted by molar-refractivity contribution is -0.123. The molecule has 0 aromatic heterocycles. The number of benzene rings is 2. The van der Waals surface area contributed by atoms with Crippen LogP contribution in [0.25, 0.3) is 6.08 Å². The number of hydrogen-bond acceptors (Lipinski definition) is 3. The first kappa shape index (κ1) is 21.5. The van der Waals surface area contributed by atoms with E-state index in [-0.39, 0.29) is 17.9 Å². The second kappa shape index (κ2) is 11.7. The Balaban J connectivity index is 1.64. The van der Waals surface area contributed by atoms with E-state index in [1.165, 1.54) is 0 Å². The first-order valence-electron chi connectivity index (χ1n) is 10.5. The fraction of sp³-hybridized carbons (Fsp3) is 0.280. The molecular formula is C25H29N3O2. The SMILES string of the molecule is O=C1C[C@@H](c2ccccc2)NCCCN(C(=O)/C=C/c2ccccc2)/C=C\CCN1. The highest BCUT2D eigenvalue weighted by Crippen LogP contribution is 2.16. The second-order valence-electron chi connectivity index (χ2n) is 7.27. The van der Waals surface area contributed by atoms with E-state index in [1.54, 1.807) is 11.0 Å². The first-order valence-corrected chi connectivity index (χ1v) is 10.5. The van der Waals surface area contributed by atoms with Gasteiger partial charge in [-0.15, -0.1) is 0 Å². The Labute approximate surface area is 178 Å². The summed E-state index contributed by atoms with van der Waals surface area (Å²) in [6.07, 6.45) is 9.09. The van der Waals surface area contributed by atoms with Crippen LogP contribution in [0.5, 0.6) is 0 Å². The van der Waals surface area contributed by atoms with E-state index in [2.05, 4.69) is 10.6 Å². The quantitative estimate of drug-likeness (QED) is 0.769. The molecule has 1 heterocycles. The van der Waals surface area contributed by atoms with Crippen molar-refractivity contribution in [3.63, 3.8) is 0 Å². The van der Waals surface area contributed by atoms with Crippen molar-refractivity contribution in [2.75, 3.05) is 19.6 Å². The van der Waals surface area contributed by atoms with Crippen molar-refractivity contribution in [2.24, 2.45) is 0 Å². The Kier molecular flexibility index (Phi) is 8.42. The van der Waals surface area contributed by atoms with E-state index >= 15 is 0 Å². The summed E-state index contributed by atoms with van der Waals surface area (Å²) in [4.78, 5) is 26.7. The molecule has 1 aliphatic rings. The molecule has 156 valence electrons. The number of rotatable bonds is 3. The number of carbonyl (C=O) groups is 2. The summed E-state index contributed by atoms with van der Waals surface area (Å²) in [5, 5.41) is 6.44. The number of hydrogen-bond donors (Lipinski definition) is 2. The van der Waals surface area contributed by atoms with Gasteiger partial charge in [-0.2, -0.15) is 0 Å². The maximum Gasteiger partial charge on any atom is 0.250 e. The molecule has 1 atom stereocenters. The van der Waals surface area contributed by atoms with Crippen LogP contribution in [0.1, 0.15) is 36.4 Å². The van der Waals surface area contributed by atoms with Crippen molar-refractivity contribution >= 4 is 17.9 Å². The molecule has 1 aliphatic heterocycles. The smallest absolute Gasteiger partial charge is 0.250 e. The molecule has 5 heteroatoms. The molecule has 2 aromatic carbocycles. The molecule has 0 bridgehead atoms. The van der Waals surface area contributed by atoms with Crippen LogP contribution in [0.4, 0.5) is 0 Å². The summed E-state index contributed by atoms with van der Waals surface area (Å²) in [7, 11) is 0. The van der Waals surface area contributed by atoms with Gasteiger partial charge in [-0.3, -0.25) is 9.59 Å². The average Bonchev–Trinajstić information content (AvgIpc) is 2.80. The molecule has 0 saturated carbocycles. The van der Waals surface area contributed by atoms with Crippen molar-refractivity contribution < 1.29 is 9.59 Å². The standard InChI is InChI=1S/C25H29N3O2/c29-24-20-23(22-12-5-2-6-13-22)26-17-9-19-28(18-8-7-16-27-24)25(30)15-14-21-10-3-1-4-11-21/h1-6,8,10-15,18,23,26H,7,9,16-17,19-20H2,(H,27,29)/b15-14+,18-8-/t23-/m0/s1. The van der Waals surface area contributed by atoms with Crippen molar-refractivity contribution in [3.8, 4) is 0 Å². The molecule has 3 rings (SSSR count). The molecule has 0 radical (unpaired) electrons. The monoisotopic (exact) mass is 403 g/mol. The van der Waals surface area contributed by atoms with Gasteiger partial charge in [0, 0.05) is 37.8 Å². The minimum absolute atomic E-state index is 0.0303. The number of carbonyl (C=O) groups excluding carboxylic acids is 2. The van der Waals surface area contributed by atoms with Gasteiger partial charge < -0.3 is 15.5 Å². The summed E-state index contributed by atoms with van der Waals surface area (Å²) in [6.45, 7) is 1.88. The van der Waals surface area contributed by atoms with Crippen molar-refractivity contribution in [3.05, 3.63) is 90.1 Å². The summed E-state index contributed by atoms with van der Waals surface area (Å²) in [5.41, 5.74) is 2.09. The van der Waals surface area contributed by atoms with E-state index in [0.29, 0.717) is 32.5 Å². The molecular weight excluding hydrogens is 374 g/mol. The molecule has 0 fully saturated rings. The molecule has 2 aromatic rings. The maximum atomic E-state index is 12.7. The Bertz CT molecular complexity index is 862. The molecule has 2 N–H and O–H groups in total. The zero-order chi connectivity index (χ0) is 21.0. The van der Waals surface area contributed by atoms with Gasteiger partial charge >= 0.3 is 0 Å². The fourth-order valence-electron chi connectivity index (χ4n) is 3.36. The van der Waals surface area contributed by atoms with Crippen LogP contribution in [0.3, 0.4) is 0 Å². The Morgan fingerprint density at radius 2 is 1.73 bits per heavy atom. The highest BCUT2D eigenvalue weighted by Gasteiger charge is 2.16. The second-order valence-corrected chi connectivity index (χ2v) is 7.27. The van der Waals surface area contributed by atoms with E-state index < -0.39 is 0 Å². The minimum atomic E-state index is -0.0476. The summed E-state index contributed by atoms with van der Waals surface area (Å²) < 4.78 is 0. The van der Waals surface area contributed by atoms with Crippen LogP contribution in [0.2, 0.25) is 0 Å². The van der Waals surface area contributed by atoms with Crippen LogP contribution in [-0.4, -0.2) is 36.3 Å². The maximum absolute atomic E-state index is 12.7. The van der Waals surface area contributed by atoms with Gasteiger partial charge in [0.25, 0.3) is 5.91 Å². The van der Waals surface area contributed by atoms with Gasteiger partial charge in [-0.05, 0) is 36.6 Å². The van der Waals surface area contributed by atoms with Crippen LogP contribution >= 0.6 is 0 Å². The number of nitrogens with zero attached hydrogens (tertiary/aromatic N) is 1. The first-order chi connectivity index (χ1) is 14.7. The van der Waals surface area contributed by atoms with Gasteiger partial charge in [0.1, 0.15) is 0 Å². The van der Waals surface area contributed by atoms with Gasteiger partial charge in [-0.1, -0.05) is 66.7 Å². The lowest BCUT2D eigenvalue weighted by Gasteiger charge is -2.20. The number of amides is 2. The highest BCUT2D eigenvalue weighted by atomic mass is 16.2. The Hall–Kier alpha value is -3.18. The predicted octanol–water partition coefficient (Wildman–Crippen LogP) is 3.67. The number of nitrogens with one attached hydrogen (secondary N) is 2. The van der Waals surface area contributed by atoms with Gasteiger partial charge in [0.15, 0.2) is 0 Å². The average molecular weight is 404 g/mol. The zero-order valence-corrected chi connectivity index (χ0v) is 17.2. The topological polar surface area (TPSA) is 61.4 Å². The van der Waals surface area contributed by atoms with Gasteiger partial charge in [0.05, 0.1) is 0 Å². The van der Waals surface area contributed by atoms with Crippen molar-refractivity contribution in [1.82, 2.24) is 15.5 Å². The zero-order valence-electron chi connectivity index (χ0n) is 17.2. The molecule has 30 heavy (non-hydrogen) atoms. The third-order valence-corrected chi connectivity index (χ3v) is 4.98. The molecule has 5 nitrogen and oxygen atoms in total. The third kappa shape index (κ3) is 7.01. The molecule has 0 unspecified atom stereocenters. The third-order valence-electron chi connectivity index (χ3n) is 4.98. The molecule has 2 amide bonds. The molecule has 0 spiro atoms. The van der Waals surface area contributed by atoms with Crippen molar-refractivity contribution in [1.29, 1.82) is 0 Å². The molecule has 0 aliphatic carbocycles. The summed E-state index contributed by atoms with van der Waals surface area (Å²) in [6, 6.07) is 19.8. The highest BCUT2D eigenvalue weighted by molar-refractivity contribution is 5.92. The predicted molar refractivity (Wildman–Crippen MR) is 120 cm³/mol. The van der Waals surface area contributed by atoms with Gasteiger partial charge in [0.2, 0.25) is 5.91 Å². The lowest BCUT2D eigenvalue weighted by atomic mass is 10.0. The van der Waals surface area contributed by atoms with Crippen molar-refractivity contribution in [2.45, 2.75) is 25.3 Å². The largest absolute Gasteiger partial charge is 0.356 e. The van der Waals surface area contributed by atoms with E-state index in [4.69, 9.17) is 0 Å². The Morgan fingerprint density at radius 1 is 1.00 bits per heavy atom.